The number of ether oxygens (including phenoxy) is 1. The van der Waals surface area contributed by atoms with E-state index >= 15 is 0 Å². The van der Waals surface area contributed by atoms with Gasteiger partial charge in [-0.15, -0.1) is 0 Å². The highest BCUT2D eigenvalue weighted by Gasteiger charge is 2.33. The van der Waals surface area contributed by atoms with E-state index in [1.807, 2.05) is 12.1 Å². The van der Waals surface area contributed by atoms with Crippen LogP contribution >= 0.6 is 31.9 Å². The molecule has 1 aromatic carbocycles. The van der Waals surface area contributed by atoms with Crippen molar-refractivity contribution in [1.82, 2.24) is 5.32 Å². The van der Waals surface area contributed by atoms with Crippen LogP contribution in [0.1, 0.15) is 36.0 Å². The molecule has 1 aromatic rings. The van der Waals surface area contributed by atoms with Gasteiger partial charge in [0, 0.05) is 16.3 Å². The molecule has 0 spiro atoms. The second kappa shape index (κ2) is 6.94. The molecule has 1 fully saturated rings. The van der Waals surface area contributed by atoms with Crippen LogP contribution in [0.25, 0.3) is 0 Å². The van der Waals surface area contributed by atoms with Crippen LogP contribution in [-0.2, 0) is 0 Å². The van der Waals surface area contributed by atoms with Gasteiger partial charge in [-0.1, -0.05) is 44.7 Å². The van der Waals surface area contributed by atoms with Gasteiger partial charge in [0.1, 0.15) is 5.75 Å². The maximum atomic E-state index is 12.3. The second-order valence-corrected chi connectivity index (χ2v) is 6.84. The third-order valence-corrected chi connectivity index (χ3v) is 5.66. The molecule has 1 aliphatic carbocycles. The van der Waals surface area contributed by atoms with E-state index < -0.39 is 0 Å². The fourth-order valence-corrected chi connectivity index (χ4v) is 3.80. The first-order valence-electron chi connectivity index (χ1n) is 6.78. The molecule has 3 nitrogen and oxygen atoms in total. The molecule has 0 atom stereocenters. The first-order chi connectivity index (χ1) is 9.60. The molecule has 20 heavy (non-hydrogen) atoms. The van der Waals surface area contributed by atoms with Crippen LogP contribution in [0, 0.1) is 5.41 Å². The van der Waals surface area contributed by atoms with Crippen LogP contribution in [0.15, 0.2) is 22.7 Å². The summed E-state index contributed by atoms with van der Waals surface area (Å²) in [5, 5.41) is 4.00. The molecule has 0 heterocycles. The zero-order valence-electron chi connectivity index (χ0n) is 11.5. The smallest absolute Gasteiger partial charge is 0.255 e. The summed E-state index contributed by atoms with van der Waals surface area (Å²) in [5.41, 5.74) is 0.802. The summed E-state index contributed by atoms with van der Waals surface area (Å²) in [7, 11) is 1.58. The normalized spacial score (nSPS) is 16.9. The quantitative estimate of drug-likeness (QED) is 0.748. The number of rotatable bonds is 5. The molecule has 0 radical (unpaired) electrons. The molecule has 110 valence electrons. The number of carbonyl (C=O) groups is 1. The zero-order valence-corrected chi connectivity index (χ0v) is 14.7. The molecular formula is C15H19Br2NO2. The fraction of sp³-hybridized carbons (Fsp3) is 0.533. The summed E-state index contributed by atoms with van der Waals surface area (Å²) in [6, 6.07) is 5.45. The number of hydrogen-bond acceptors (Lipinski definition) is 2. The van der Waals surface area contributed by atoms with Crippen molar-refractivity contribution >= 4 is 37.8 Å². The predicted octanol–water partition coefficient (Wildman–Crippen LogP) is 4.14. The van der Waals surface area contributed by atoms with E-state index in [2.05, 4.69) is 37.2 Å². The first kappa shape index (κ1) is 15.8. The van der Waals surface area contributed by atoms with Gasteiger partial charge in [0.15, 0.2) is 0 Å². The number of hydrogen-bond donors (Lipinski definition) is 1. The van der Waals surface area contributed by atoms with Crippen molar-refractivity contribution in [3.05, 3.63) is 28.2 Å². The van der Waals surface area contributed by atoms with Gasteiger partial charge in [-0.05, 0) is 36.5 Å². The lowest BCUT2D eigenvalue weighted by Crippen LogP contribution is -2.37. The second-order valence-electron chi connectivity index (χ2n) is 5.37. The van der Waals surface area contributed by atoms with Crippen molar-refractivity contribution in [2.24, 2.45) is 5.41 Å². The largest absolute Gasteiger partial charge is 0.496 e. The topological polar surface area (TPSA) is 38.3 Å². The Morgan fingerprint density at radius 2 is 2.10 bits per heavy atom. The molecule has 1 aliphatic rings. The minimum atomic E-state index is -0.0680. The molecule has 0 aliphatic heterocycles. The van der Waals surface area contributed by atoms with Crippen LogP contribution in [0.4, 0.5) is 0 Å². The molecular weight excluding hydrogens is 386 g/mol. The van der Waals surface area contributed by atoms with Crippen molar-refractivity contribution in [3.63, 3.8) is 0 Å². The Hall–Kier alpha value is -0.550. The molecule has 0 saturated heterocycles. The van der Waals surface area contributed by atoms with Crippen LogP contribution in [0.5, 0.6) is 5.75 Å². The Kier molecular flexibility index (Phi) is 5.49. The van der Waals surface area contributed by atoms with Gasteiger partial charge in [0.05, 0.1) is 12.7 Å². The number of methoxy groups -OCH3 is 1. The minimum absolute atomic E-state index is 0.0680. The SMILES string of the molecule is COc1cc(Br)ccc1C(=O)NCC1(CBr)CCCC1. The van der Waals surface area contributed by atoms with Gasteiger partial charge >= 0.3 is 0 Å². The van der Waals surface area contributed by atoms with Crippen molar-refractivity contribution in [2.45, 2.75) is 25.7 Å². The summed E-state index contributed by atoms with van der Waals surface area (Å²) in [6.45, 7) is 0.719. The Bertz CT molecular complexity index is 485. The Morgan fingerprint density at radius 3 is 2.70 bits per heavy atom. The Morgan fingerprint density at radius 1 is 1.40 bits per heavy atom. The molecule has 1 amide bonds. The van der Waals surface area contributed by atoms with E-state index in [1.165, 1.54) is 25.7 Å². The third-order valence-electron chi connectivity index (χ3n) is 3.98. The number of benzene rings is 1. The maximum absolute atomic E-state index is 12.3. The summed E-state index contributed by atoms with van der Waals surface area (Å²) in [5.74, 6) is 0.526. The van der Waals surface area contributed by atoms with Gasteiger partial charge in [-0.25, -0.2) is 0 Å². The van der Waals surface area contributed by atoms with Gasteiger partial charge in [0.25, 0.3) is 5.91 Å². The maximum Gasteiger partial charge on any atom is 0.255 e. The molecule has 0 unspecified atom stereocenters. The highest BCUT2D eigenvalue weighted by molar-refractivity contribution is 9.10. The monoisotopic (exact) mass is 403 g/mol. The molecule has 2 rings (SSSR count). The van der Waals surface area contributed by atoms with E-state index in [4.69, 9.17) is 4.74 Å². The number of amides is 1. The standard InChI is InChI=1S/C15H19Br2NO2/c1-20-13-8-11(17)4-5-12(13)14(19)18-10-15(9-16)6-2-3-7-15/h4-5,8H,2-3,6-7,9-10H2,1H3,(H,18,19). The zero-order chi connectivity index (χ0) is 14.6. The highest BCUT2D eigenvalue weighted by atomic mass is 79.9. The van der Waals surface area contributed by atoms with Gasteiger partial charge < -0.3 is 10.1 Å². The fourth-order valence-electron chi connectivity index (χ4n) is 2.70. The van der Waals surface area contributed by atoms with Crippen molar-refractivity contribution in [2.75, 3.05) is 19.0 Å². The number of halogens is 2. The van der Waals surface area contributed by atoms with Crippen LogP contribution in [0.2, 0.25) is 0 Å². The Balaban J connectivity index is 2.05. The molecule has 0 bridgehead atoms. The van der Waals surface area contributed by atoms with Crippen molar-refractivity contribution < 1.29 is 9.53 Å². The lowest BCUT2D eigenvalue weighted by atomic mass is 9.89. The minimum Gasteiger partial charge on any atom is -0.496 e. The van der Waals surface area contributed by atoms with Crippen molar-refractivity contribution in [1.29, 1.82) is 0 Å². The number of nitrogens with one attached hydrogen (secondary N) is 1. The van der Waals surface area contributed by atoms with E-state index in [0.29, 0.717) is 11.3 Å². The summed E-state index contributed by atoms with van der Waals surface area (Å²) < 4.78 is 6.17. The van der Waals surface area contributed by atoms with Crippen LogP contribution in [-0.4, -0.2) is 24.9 Å². The van der Waals surface area contributed by atoms with E-state index in [-0.39, 0.29) is 11.3 Å². The molecule has 1 saturated carbocycles. The van der Waals surface area contributed by atoms with Gasteiger partial charge in [-0.2, -0.15) is 0 Å². The summed E-state index contributed by atoms with van der Waals surface area (Å²) in [4.78, 5) is 12.3. The molecule has 1 N–H and O–H groups in total. The summed E-state index contributed by atoms with van der Waals surface area (Å²) >= 11 is 6.98. The summed E-state index contributed by atoms with van der Waals surface area (Å²) in [6.07, 6.45) is 4.86. The van der Waals surface area contributed by atoms with Gasteiger partial charge in [0.2, 0.25) is 0 Å². The highest BCUT2D eigenvalue weighted by Crippen LogP contribution is 2.39. The average molecular weight is 405 g/mol. The number of carbonyl (C=O) groups excluding carboxylic acids is 1. The first-order valence-corrected chi connectivity index (χ1v) is 8.69. The van der Waals surface area contributed by atoms with E-state index in [9.17, 15) is 4.79 Å². The Labute approximate surface area is 136 Å². The van der Waals surface area contributed by atoms with Crippen LogP contribution < -0.4 is 10.1 Å². The lowest BCUT2D eigenvalue weighted by molar-refractivity contribution is 0.0932. The van der Waals surface area contributed by atoms with Crippen LogP contribution in [0.3, 0.4) is 0 Å². The lowest BCUT2D eigenvalue weighted by Gasteiger charge is -2.26. The molecule has 0 aromatic heterocycles. The predicted molar refractivity (Wildman–Crippen MR) is 87.7 cm³/mol. The average Bonchev–Trinajstić information content (AvgIpc) is 2.94. The van der Waals surface area contributed by atoms with Crippen molar-refractivity contribution in [3.8, 4) is 5.75 Å². The number of alkyl halides is 1. The van der Waals surface area contributed by atoms with Gasteiger partial charge in [-0.3, -0.25) is 4.79 Å². The third kappa shape index (κ3) is 3.55. The van der Waals surface area contributed by atoms with E-state index in [1.54, 1.807) is 13.2 Å². The molecule has 5 heteroatoms. The van der Waals surface area contributed by atoms with E-state index in [0.717, 1.165) is 16.3 Å².